The maximum atomic E-state index is 14.3. The number of halogens is 2. The Morgan fingerprint density at radius 3 is 2.49 bits per heavy atom. The van der Waals surface area contributed by atoms with Crippen molar-refractivity contribution in [3.8, 4) is 0 Å². The van der Waals surface area contributed by atoms with E-state index in [1.807, 2.05) is 18.2 Å². The van der Waals surface area contributed by atoms with Gasteiger partial charge in [0.15, 0.2) is 0 Å². The van der Waals surface area contributed by atoms with Gasteiger partial charge in [-0.2, -0.15) is 0 Å². The minimum atomic E-state index is -1.03. The maximum Gasteiger partial charge on any atom is 0.274 e. The second-order valence-corrected chi connectivity index (χ2v) is 9.65. The number of rotatable bonds is 7. The first-order valence-corrected chi connectivity index (χ1v) is 12.0. The van der Waals surface area contributed by atoms with Crippen molar-refractivity contribution >= 4 is 45.7 Å². The first-order valence-electron chi connectivity index (χ1n) is 11.6. The molecule has 0 saturated heterocycles. The van der Waals surface area contributed by atoms with E-state index in [4.69, 9.17) is 11.6 Å². The van der Waals surface area contributed by atoms with E-state index in [-0.39, 0.29) is 29.4 Å². The normalized spacial score (nSPS) is 11.4. The molecule has 0 aliphatic heterocycles. The molecule has 37 heavy (non-hydrogen) atoms. The molecule has 0 bridgehead atoms. The van der Waals surface area contributed by atoms with Crippen molar-refractivity contribution in [2.75, 3.05) is 12.4 Å². The highest BCUT2D eigenvalue weighted by atomic mass is 35.5. The van der Waals surface area contributed by atoms with Gasteiger partial charge in [-0.3, -0.25) is 19.4 Å². The van der Waals surface area contributed by atoms with Gasteiger partial charge in [-0.1, -0.05) is 49.7 Å². The number of Topliss-reactive ketones (excluding diaryl/α,β-unsaturated/α-hetero) is 1. The summed E-state index contributed by atoms with van der Waals surface area (Å²) in [6.45, 7) is 4.84. The third kappa shape index (κ3) is 4.97. The summed E-state index contributed by atoms with van der Waals surface area (Å²) in [5.74, 6) is -1.65. The quantitative estimate of drug-likeness (QED) is 0.343. The lowest BCUT2D eigenvalue weighted by Crippen LogP contribution is -2.30. The van der Waals surface area contributed by atoms with Crippen LogP contribution in [0.3, 0.4) is 0 Å². The molecule has 2 aromatic carbocycles. The van der Waals surface area contributed by atoms with Crippen LogP contribution < -0.4 is 10.6 Å². The third-order valence-electron chi connectivity index (χ3n) is 6.27. The first kappa shape index (κ1) is 26.0. The summed E-state index contributed by atoms with van der Waals surface area (Å²) in [6.07, 6.45) is 1.55. The van der Waals surface area contributed by atoms with E-state index in [9.17, 15) is 18.8 Å². The van der Waals surface area contributed by atoms with E-state index >= 15 is 0 Å². The number of anilines is 1. The molecular formula is C28H26ClFN4O3. The number of ketones is 1. The second kappa shape index (κ2) is 10.1. The highest BCUT2D eigenvalue weighted by Crippen LogP contribution is 2.41. The van der Waals surface area contributed by atoms with E-state index in [2.05, 4.69) is 15.6 Å². The predicted molar refractivity (Wildman–Crippen MR) is 142 cm³/mol. The Kier molecular flexibility index (Phi) is 7.14. The molecule has 0 spiro atoms. The van der Waals surface area contributed by atoms with Crippen LogP contribution >= 0.6 is 11.6 Å². The zero-order valence-electron chi connectivity index (χ0n) is 20.9. The number of carbonyl (C=O) groups is 3. The summed E-state index contributed by atoms with van der Waals surface area (Å²) in [5.41, 5.74) is 0.461. The fourth-order valence-corrected chi connectivity index (χ4v) is 4.96. The van der Waals surface area contributed by atoms with E-state index in [0.29, 0.717) is 21.7 Å². The lowest BCUT2D eigenvalue weighted by molar-refractivity contribution is -0.117. The number of amides is 2. The Morgan fingerprint density at radius 1 is 1.05 bits per heavy atom. The van der Waals surface area contributed by atoms with Crippen molar-refractivity contribution in [2.45, 2.75) is 32.7 Å². The molecule has 0 saturated carbocycles. The van der Waals surface area contributed by atoms with E-state index < -0.39 is 23.0 Å². The van der Waals surface area contributed by atoms with Crippen LogP contribution in [0.25, 0.3) is 10.8 Å². The number of benzene rings is 2. The van der Waals surface area contributed by atoms with Crippen LogP contribution in [0.4, 0.5) is 10.1 Å². The molecule has 0 atom stereocenters. The lowest BCUT2D eigenvalue weighted by Gasteiger charge is -2.30. The fourth-order valence-electron chi connectivity index (χ4n) is 4.61. The molecule has 4 aromatic rings. The topological polar surface area (TPSA) is 93.1 Å². The van der Waals surface area contributed by atoms with Crippen LogP contribution in [0.5, 0.6) is 0 Å². The molecular weight excluding hydrogens is 495 g/mol. The standard InChI is InChI=1S/C28H26ClFN4O3/c1-16(35)15-34-23(26(36)31-4)14-22(25(34)28(2,3)20-13-18(30)9-10-21(20)29)33-27(37)24-19-8-6-5-7-17(19)11-12-32-24/h5-14H,15H2,1-4H3,(H,31,36)(H,33,37). The number of hydrogen-bond acceptors (Lipinski definition) is 4. The summed E-state index contributed by atoms with van der Waals surface area (Å²) in [6, 6.07) is 14.7. The molecule has 4 rings (SSSR count). The Hall–Kier alpha value is -4.04. The summed E-state index contributed by atoms with van der Waals surface area (Å²) < 4.78 is 15.8. The van der Waals surface area contributed by atoms with Crippen LogP contribution in [0.2, 0.25) is 5.02 Å². The van der Waals surface area contributed by atoms with Gasteiger partial charge >= 0.3 is 0 Å². The zero-order chi connectivity index (χ0) is 26.9. The summed E-state index contributed by atoms with van der Waals surface area (Å²) in [4.78, 5) is 42.9. The predicted octanol–water partition coefficient (Wildman–Crippen LogP) is 5.36. The maximum absolute atomic E-state index is 14.3. The van der Waals surface area contributed by atoms with Crippen molar-refractivity contribution in [2.24, 2.45) is 0 Å². The van der Waals surface area contributed by atoms with Crippen LogP contribution in [-0.4, -0.2) is 34.2 Å². The third-order valence-corrected chi connectivity index (χ3v) is 6.60. The molecule has 2 N–H and O–H groups in total. The number of carbonyl (C=O) groups excluding carboxylic acids is 3. The Bertz CT molecular complexity index is 1540. The number of hydrogen-bond donors (Lipinski definition) is 2. The Balaban J connectivity index is 1.94. The van der Waals surface area contributed by atoms with Gasteiger partial charge in [-0.05, 0) is 48.2 Å². The molecule has 0 fully saturated rings. The molecule has 7 nitrogen and oxygen atoms in total. The first-order chi connectivity index (χ1) is 17.5. The minimum Gasteiger partial charge on any atom is -0.354 e. The number of aromatic nitrogens is 2. The van der Waals surface area contributed by atoms with Crippen LogP contribution in [0.1, 0.15) is 53.0 Å². The Morgan fingerprint density at radius 2 is 1.78 bits per heavy atom. The van der Waals surface area contributed by atoms with Gasteiger partial charge in [0.2, 0.25) is 0 Å². The highest BCUT2D eigenvalue weighted by molar-refractivity contribution is 6.31. The molecule has 190 valence electrons. The second-order valence-electron chi connectivity index (χ2n) is 9.24. The Labute approximate surface area is 218 Å². The average molecular weight is 521 g/mol. The lowest BCUT2D eigenvalue weighted by atomic mass is 9.80. The highest BCUT2D eigenvalue weighted by Gasteiger charge is 2.35. The van der Waals surface area contributed by atoms with Gasteiger partial charge in [0.05, 0.1) is 17.9 Å². The van der Waals surface area contributed by atoms with Gasteiger partial charge in [0.1, 0.15) is 23.0 Å². The average Bonchev–Trinajstić information content (AvgIpc) is 3.22. The number of nitrogens with one attached hydrogen (secondary N) is 2. The number of fused-ring (bicyclic) bond motifs is 1. The molecule has 2 aromatic heterocycles. The molecule has 2 amide bonds. The van der Waals surface area contributed by atoms with Gasteiger partial charge in [0, 0.05) is 29.1 Å². The van der Waals surface area contributed by atoms with Gasteiger partial charge in [-0.25, -0.2) is 4.39 Å². The van der Waals surface area contributed by atoms with Crippen LogP contribution in [0.15, 0.2) is 60.8 Å². The summed E-state index contributed by atoms with van der Waals surface area (Å²) in [7, 11) is 1.47. The fraction of sp³-hybridized carbons (Fsp3) is 0.214. The van der Waals surface area contributed by atoms with Crippen molar-refractivity contribution < 1.29 is 18.8 Å². The SMILES string of the molecule is CNC(=O)c1cc(NC(=O)c2nccc3ccccc23)c(C(C)(C)c2cc(F)ccc2Cl)n1CC(C)=O. The molecule has 0 aliphatic rings. The monoisotopic (exact) mass is 520 g/mol. The van der Waals surface area contributed by atoms with Crippen molar-refractivity contribution in [1.82, 2.24) is 14.9 Å². The minimum absolute atomic E-state index is 0.142. The molecule has 0 radical (unpaired) electrons. The van der Waals surface area contributed by atoms with E-state index in [0.717, 1.165) is 5.39 Å². The van der Waals surface area contributed by atoms with Gasteiger partial charge in [0.25, 0.3) is 11.8 Å². The molecule has 2 heterocycles. The van der Waals surface area contributed by atoms with Crippen LogP contribution in [0, 0.1) is 5.82 Å². The largest absolute Gasteiger partial charge is 0.354 e. The van der Waals surface area contributed by atoms with Crippen molar-refractivity contribution in [3.05, 3.63) is 94.3 Å². The molecule has 9 heteroatoms. The van der Waals surface area contributed by atoms with E-state index in [1.165, 1.54) is 42.8 Å². The van der Waals surface area contributed by atoms with Crippen LogP contribution in [-0.2, 0) is 16.8 Å². The number of pyridine rings is 1. The summed E-state index contributed by atoms with van der Waals surface area (Å²) >= 11 is 6.49. The van der Waals surface area contributed by atoms with Crippen molar-refractivity contribution in [1.29, 1.82) is 0 Å². The van der Waals surface area contributed by atoms with Gasteiger partial charge in [-0.15, -0.1) is 0 Å². The molecule has 0 aliphatic carbocycles. The number of nitrogens with zero attached hydrogens (tertiary/aromatic N) is 2. The van der Waals surface area contributed by atoms with E-state index in [1.54, 1.807) is 32.2 Å². The zero-order valence-corrected chi connectivity index (χ0v) is 21.6. The molecule has 0 unspecified atom stereocenters. The van der Waals surface area contributed by atoms with Crippen molar-refractivity contribution in [3.63, 3.8) is 0 Å². The smallest absolute Gasteiger partial charge is 0.274 e. The van der Waals surface area contributed by atoms with Gasteiger partial charge < -0.3 is 15.2 Å². The summed E-state index contributed by atoms with van der Waals surface area (Å²) in [5, 5.41) is 7.27.